The lowest BCUT2D eigenvalue weighted by molar-refractivity contribution is -0.143. The van der Waals surface area contributed by atoms with Gasteiger partial charge < -0.3 is 20.3 Å². The van der Waals surface area contributed by atoms with Crippen LogP contribution in [0, 0.1) is 0 Å². The van der Waals surface area contributed by atoms with Gasteiger partial charge in [0.1, 0.15) is 0 Å². The van der Waals surface area contributed by atoms with Crippen molar-refractivity contribution in [1.29, 1.82) is 0 Å². The van der Waals surface area contributed by atoms with Gasteiger partial charge in [-0.2, -0.15) is 0 Å². The fourth-order valence-corrected chi connectivity index (χ4v) is 12.4. The molecule has 0 aromatic heterocycles. The Labute approximate surface area is 544 Å². The molecule has 0 aliphatic heterocycles. The molecule has 6 heteroatoms. The second-order valence-corrected chi connectivity index (χ2v) is 27.0. The fraction of sp³-hybridized carbons (Fsp3) is 0.877. The van der Waals surface area contributed by atoms with Gasteiger partial charge in [0.2, 0.25) is 5.91 Å². The molecule has 2 atom stereocenters. The molecule has 87 heavy (non-hydrogen) atoms. The van der Waals surface area contributed by atoms with Gasteiger partial charge in [-0.3, -0.25) is 9.59 Å². The largest absolute Gasteiger partial charge is 0.466 e. The minimum Gasteiger partial charge on any atom is -0.466 e. The van der Waals surface area contributed by atoms with Crippen LogP contribution in [0.15, 0.2) is 48.6 Å². The van der Waals surface area contributed by atoms with Gasteiger partial charge in [0.15, 0.2) is 0 Å². The van der Waals surface area contributed by atoms with E-state index in [0.29, 0.717) is 25.9 Å². The Kier molecular flexibility index (Phi) is 74.4. The van der Waals surface area contributed by atoms with Gasteiger partial charge in [-0.1, -0.05) is 383 Å². The van der Waals surface area contributed by atoms with Crippen molar-refractivity contribution in [1.82, 2.24) is 5.32 Å². The van der Waals surface area contributed by atoms with Crippen molar-refractivity contribution in [3.05, 3.63) is 48.6 Å². The van der Waals surface area contributed by atoms with E-state index in [1.165, 1.54) is 340 Å². The maximum atomic E-state index is 12.6. The molecule has 0 radical (unpaired) electrons. The molecule has 0 aromatic carbocycles. The highest BCUT2D eigenvalue weighted by Crippen LogP contribution is 2.20. The van der Waals surface area contributed by atoms with Crippen LogP contribution in [0.1, 0.15) is 431 Å². The SMILES string of the molecule is CCC/C=C\C/C=C\CCCCCCCC(=O)OCCCCCCCCCCC/C=C\C/C=C\CCCCCCCCCCCCCCCCCCCC(=O)NC(CO)C(O)CCCCCCCCCCCCCCCCCCCCCCCCCC. The lowest BCUT2D eigenvalue weighted by Gasteiger charge is -2.22. The van der Waals surface area contributed by atoms with Gasteiger partial charge in [0.05, 0.1) is 25.4 Å². The molecular weight excluding hydrogens is 1070 g/mol. The minimum atomic E-state index is -0.665. The first-order valence-electron chi connectivity index (χ1n) is 39.4. The van der Waals surface area contributed by atoms with E-state index < -0.39 is 12.1 Å². The average Bonchev–Trinajstić information content (AvgIpc) is 3.54. The van der Waals surface area contributed by atoms with Crippen LogP contribution < -0.4 is 5.32 Å². The number of aliphatic hydroxyl groups is 2. The molecule has 0 aromatic rings. The molecule has 0 rings (SSSR count). The Morgan fingerprint density at radius 2 is 0.598 bits per heavy atom. The number of hydrogen-bond acceptors (Lipinski definition) is 5. The number of hydrogen-bond donors (Lipinski definition) is 3. The molecule has 0 bridgehead atoms. The predicted octanol–water partition coefficient (Wildman–Crippen LogP) is 26.0. The van der Waals surface area contributed by atoms with E-state index >= 15 is 0 Å². The first-order valence-corrected chi connectivity index (χ1v) is 39.4. The second-order valence-electron chi connectivity index (χ2n) is 27.0. The zero-order valence-electron chi connectivity index (χ0n) is 58.8. The zero-order chi connectivity index (χ0) is 62.8. The molecule has 0 saturated carbocycles. The Balaban J connectivity index is 3.39. The molecule has 6 nitrogen and oxygen atoms in total. The quantitative estimate of drug-likeness (QED) is 0.0320. The number of rotatable bonds is 74. The summed E-state index contributed by atoms with van der Waals surface area (Å²) < 4.78 is 5.47. The molecule has 3 N–H and O–H groups in total. The van der Waals surface area contributed by atoms with Crippen molar-refractivity contribution < 1.29 is 24.5 Å². The summed E-state index contributed by atoms with van der Waals surface area (Å²) in [5.41, 5.74) is 0. The van der Waals surface area contributed by atoms with Crippen molar-refractivity contribution >= 4 is 11.9 Å². The number of nitrogens with one attached hydrogen (secondary N) is 1. The van der Waals surface area contributed by atoms with Crippen LogP contribution in [0.4, 0.5) is 0 Å². The van der Waals surface area contributed by atoms with Gasteiger partial charge in [-0.25, -0.2) is 0 Å². The summed E-state index contributed by atoms with van der Waals surface area (Å²) >= 11 is 0. The summed E-state index contributed by atoms with van der Waals surface area (Å²) in [5, 5.41) is 23.5. The molecule has 0 aliphatic carbocycles. The lowest BCUT2D eigenvalue weighted by Crippen LogP contribution is -2.45. The van der Waals surface area contributed by atoms with Crippen LogP contribution in [-0.4, -0.2) is 47.4 Å². The molecular formula is C81H153NO5. The van der Waals surface area contributed by atoms with Crippen LogP contribution in [0.2, 0.25) is 0 Å². The maximum absolute atomic E-state index is 12.6. The summed E-state index contributed by atoms with van der Waals surface area (Å²) in [7, 11) is 0. The molecule has 0 saturated heterocycles. The van der Waals surface area contributed by atoms with Gasteiger partial charge in [0, 0.05) is 12.8 Å². The van der Waals surface area contributed by atoms with Crippen molar-refractivity contribution in [2.45, 2.75) is 443 Å². The number of amides is 1. The van der Waals surface area contributed by atoms with Gasteiger partial charge >= 0.3 is 5.97 Å². The van der Waals surface area contributed by atoms with E-state index in [1.807, 2.05) is 0 Å². The van der Waals surface area contributed by atoms with E-state index in [4.69, 9.17) is 4.74 Å². The standard InChI is InChI=1S/C81H153NO5/c1-3-5-7-9-11-13-15-17-18-19-20-21-22-34-37-40-43-46-50-53-57-61-65-69-73-79(84)78(77-83)82-80(85)74-70-66-62-58-54-51-47-44-41-38-35-32-30-28-26-24-23-25-27-29-31-33-36-39-42-45-48-52-56-60-64-68-72-76-87-81(86)75-71-67-63-59-55-49-16-14-12-10-8-6-4-2/h8,10,14,16,27,29,33,36,78-79,83-84H,3-7,9,11-13,15,17-26,28,30-32,34-35,37-77H2,1-2H3,(H,82,85)/b10-8-,16-14-,29-27-,36-33-. The monoisotopic (exact) mass is 1220 g/mol. The number of aliphatic hydroxyl groups excluding tert-OH is 2. The van der Waals surface area contributed by atoms with E-state index in [-0.39, 0.29) is 18.5 Å². The Bertz CT molecular complexity index is 1450. The second kappa shape index (κ2) is 76.3. The van der Waals surface area contributed by atoms with Gasteiger partial charge in [0.25, 0.3) is 0 Å². The third-order valence-corrected chi connectivity index (χ3v) is 18.3. The normalized spacial score (nSPS) is 12.7. The molecule has 2 unspecified atom stereocenters. The molecule has 0 aliphatic rings. The van der Waals surface area contributed by atoms with Crippen LogP contribution in [0.3, 0.4) is 0 Å². The molecule has 0 spiro atoms. The number of esters is 1. The summed E-state index contributed by atoms with van der Waals surface area (Å²) in [6.45, 7) is 4.92. The molecule has 0 heterocycles. The van der Waals surface area contributed by atoms with E-state index in [1.54, 1.807) is 0 Å². The zero-order valence-corrected chi connectivity index (χ0v) is 58.8. The lowest BCUT2D eigenvalue weighted by atomic mass is 10.0. The molecule has 512 valence electrons. The molecule has 1 amide bonds. The third-order valence-electron chi connectivity index (χ3n) is 18.3. The first kappa shape index (κ1) is 84.8. The van der Waals surface area contributed by atoms with Gasteiger partial charge in [-0.15, -0.1) is 0 Å². The smallest absolute Gasteiger partial charge is 0.305 e. The summed E-state index contributed by atoms with van der Waals surface area (Å²) in [5.74, 6) is -0.0290. The van der Waals surface area contributed by atoms with Crippen LogP contribution in [0.5, 0.6) is 0 Å². The van der Waals surface area contributed by atoms with Crippen LogP contribution in [-0.2, 0) is 14.3 Å². The average molecular weight is 1220 g/mol. The summed E-state index contributed by atoms with van der Waals surface area (Å²) in [6, 6.07) is -0.542. The Hall–Kier alpha value is -2.18. The first-order chi connectivity index (χ1) is 43.0. The number of carbonyl (C=O) groups excluding carboxylic acids is 2. The van der Waals surface area contributed by atoms with Crippen molar-refractivity contribution in [2.24, 2.45) is 0 Å². The van der Waals surface area contributed by atoms with E-state index in [9.17, 15) is 19.8 Å². The minimum absolute atomic E-state index is 0.000860. The van der Waals surface area contributed by atoms with E-state index in [2.05, 4.69) is 67.8 Å². The Morgan fingerprint density at radius 3 is 0.920 bits per heavy atom. The summed E-state index contributed by atoms with van der Waals surface area (Å²) in [6.07, 6.45) is 101. The number of ether oxygens (including phenoxy) is 1. The molecule has 0 fully saturated rings. The highest BCUT2D eigenvalue weighted by molar-refractivity contribution is 5.76. The van der Waals surface area contributed by atoms with Crippen molar-refractivity contribution in [2.75, 3.05) is 13.2 Å². The fourth-order valence-electron chi connectivity index (χ4n) is 12.4. The maximum Gasteiger partial charge on any atom is 0.305 e. The number of unbranched alkanes of at least 4 members (excludes halogenated alkanes) is 55. The van der Waals surface area contributed by atoms with Crippen molar-refractivity contribution in [3.63, 3.8) is 0 Å². The van der Waals surface area contributed by atoms with Gasteiger partial charge in [-0.05, 0) is 83.5 Å². The van der Waals surface area contributed by atoms with E-state index in [0.717, 1.165) is 57.8 Å². The summed E-state index contributed by atoms with van der Waals surface area (Å²) in [4.78, 5) is 24.6. The topological polar surface area (TPSA) is 95.9 Å². The van der Waals surface area contributed by atoms with Crippen molar-refractivity contribution in [3.8, 4) is 0 Å². The third kappa shape index (κ3) is 72.8. The number of carbonyl (C=O) groups is 2. The van der Waals surface area contributed by atoms with Crippen LogP contribution in [0.25, 0.3) is 0 Å². The highest BCUT2D eigenvalue weighted by Gasteiger charge is 2.20. The van der Waals surface area contributed by atoms with Crippen LogP contribution >= 0.6 is 0 Å². The number of allylic oxidation sites excluding steroid dienone is 8. The highest BCUT2D eigenvalue weighted by atomic mass is 16.5. The predicted molar refractivity (Wildman–Crippen MR) is 384 cm³/mol. The Morgan fingerprint density at radius 1 is 0.322 bits per heavy atom.